The standard InChI is InChI=1S/C19H38N4O/c1-19(2,15-22(3)4)14-21-18(24)17-7-11-23(12-8-17)13-16-5-9-20-10-6-16/h16-17,20H,5-15H2,1-4H3,(H,21,24). The molecule has 2 fully saturated rings. The van der Waals surface area contributed by atoms with Crippen LogP contribution in [0.15, 0.2) is 0 Å². The third kappa shape index (κ3) is 6.69. The minimum Gasteiger partial charge on any atom is -0.355 e. The Bertz CT molecular complexity index is 383. The summed E-state index contributed by atoms with van der Waals surface area (Å²) in [5.74, 6) is 1.33. The maximum Gasteiger partial charge on any atom is 0.223 e. The number of hydrogen-bond donors (Lipinski definition) is 2. The van der Waals surface area contributed by atoms with Crippen molar-refractivity contribution in [3.63, 3.8) is 0 Å². The summed E-state index contributed by atoms with van der Waals surface area (Å²) in [7, 11) is 4.17. The van der Waals surface area contributed by atoms with E-state index < -0.39 is 0 Å². The summed E-state index contributed by atoms with van der Waals surface area (Å²) in [4.78, 5) is 17.2. The lowest BCUT2D eigenvalue weighted by molar-refractivity contribution is -0.127. The van der Waals surface area contributed by atoms with Gasteiger partial charge in [0.1, 0.15) is 0 Å². The SMILES string of the molecule is CN(C)CC(C)(C)CNC(=O)C1CCN(CC2CCNCC2)CC1. The highest BCUT2D eigenvalue weighted by Crippen LogP contribution is 2.21. The Hall–Kier alpha value is -0.650. The predicted molar refractivity (Wildman–Crippen MR) is 100 cm³/mol. The molecule has 2 aliphatic heterocycles. The fourth-order valence-corrected chi connectivity index (χ4v) is 4.19. The smallest absolute Gasteiger partial charge is 0.223 e. The summed E-state index contributed by atoms with van der Waals surface area (Å²) in [6.45, 7) is 11.9. The molecule has 1 amide bonds. The van der Waals surface area contributed by atoms with Crippen molar-refractivity contribution in [2.45, 2.75) is 39.5 Å². The number of carbonyl (C=O) groups excluding carboxylic acids is 1. The minimum atomic E-state index is 0.120. The molecule has 0 bridgehead atoms. The molecule has 0 radical (unpaired) electrons. The second-order valence-corrected chi connectivity index (χ2v) is 8.89. The summed E-state index contributed by atoms with van der Waals surface area (Å²) in [6, 6.07) is 0. The summed E-state index contributed by atoms with van der Waals surface area (Å²) in [5.41, 5.74) is 0.120. The number of nitrogens with zero attached hydrogens (tertiary/aromatic N) is 2. The Balaban J connectivity index is 1.66. The molecule has 0 unspecified atom stereocenters. The van der Waals surface area contributed by atoms with Crippen molar-refractivity contribution < 1.29 is 4.79 Å². The molecule has 0 aromatic carbocycles. The third-order valence-corrected chi connectivity index (χ3v) is 5.42. The molecular formula is C19H38N4O. The van der Waals surface area contributed by atoms with Crippen LogP contribution in [0.3, 0.4) is 0 Å². The number of nitrogens with one attached hydrogen (secondary N) is 2. The second kappa shape index (κ2) is 9.16. The fraction of sp³-hybridized carbons (Fsp3) is 0.947. The average molecular weight is 339 g/mol. The van der Waals surface area contributed by atoms with Crippen LogP contribution in [0.5, 0.6) is 0 Å². The van der Waals surface area contributed by atoms with Crippen LogP contribution in [0.1, 0.15) is 39.5 Å². The van der Waals surface area contributed by atoms with Crippen LogP contribution in [-0.2, 0) is 4.79 Å². The molecule has 2 rings (SSSR count). The van der Waals surface area contributed by atoms with Gasteiger partial charge in [-0.1, -0.05) is 13.8 Å². The van der Waals surface area contributed by atoms with Gasteiger partial charge in [0.25, 0.3) is 0 Å². The van der Waals surface area contributed by atoms with Crippen LogP contribution >= 0.6 is 0 Å². The molecule has 24 heavy (non-hydrogen) atoms. The lowest BCUT2D eigenvalue weighted by Gasteiger charge is -2.35. The van der Waals surface area contributed by atoms with Gasteiger partial charge in [0.05, 0.1) is 0 Å². The van der Waals surface area contributed by atoms with Gasteiger partial charge < -0.3 is 20.4 Å². The first kappa shape index (κ1) is 19.7. The van der Waals surface area contributed by atoms with Crippen molar-refractivity contribution in [2.75, 3.05) is 59.9 Å². The van der Waals surface area contributed by atoms with Gasteiger partial charge in [-0.2, -0.15) is 0 Å². The number of piperidine rings is 2. The Morgan fingerprint density at radius 1 is 1.17 bits per heavy atom. The number of amides is 1. The van der Waals surface area contributed by atoms with Crippen molar-refractivity contribution >= 4 is 5.91 Å². The van der Waals surface area contributed by atoms with E-state index in [2.05, 4.69) is 48.4 Å². The van der Waals surface area contributed by atoms with E-state index in [1.54, 1.807) is 0 Å². The zero-order valence-corrected chi connectivity index (χ0v) is 16.2. The molecule has 0 aliphatic carbocycles. The predicted octanol–water partition coefficient (Wildman–Crippen LogP) is 1.40. The van der Waals surface area contributed by atoms with Crippen molar-refractivity contribution in [1.29, 1.82) is 0 Å². The Kier molecular flexibility index (Phi) is 7.51. The monoisotopic (exact) mass is 338 g/mol. The molecule has 2 aliphatic rings. The normalized spacial score (nSPS) is 22.0. The van der Waals surface area contributed by atoms with Crippen LogP contribution in [0.25, 0.3) is 0 Å². The largest absolute Gasteiger partial charge is 0.355 e. The average Bonchev–Trinajstić information content (AvgIpc) is 2.53. The lowest BCUT2D eigenvalue weighted by Crippen LogP contribution is -2.46. The van der Waals surface area contributed by atoms with E-state index in [4.69, 9.17) is 0 Å². The molecule has 5 nitrogen and oxygen atoms in total. The number of likely N-dealkylation sites (tertiary alicyclic amines) is 1. The van der Waals surface area contributed by atoms with Gasteiger partial charge in [-0.25, -0.2) is 0 Å². The van der Waals surface area contributed by atoms with Crippen molar-refractivity contribution in [1.82, 2.24) is 20.4 Å². The van der Waals surface area contributed by atoms with E-state index in [1.165, 1.54) is 32.5 Å². The topological polar surface area (TPSA) is 47.6 Å². The molecule has 0 atom stereocenters. The Labute approximate surface area is 148 Å². The molecule has 140 valence electrons. The van der Waals surface area contributed by atoms with Crippen molar-refractivity contribution in [2.24, 2.45) is 17.3 Å². The molecule has 0 aromatic heterocycles. The van der Waals surface area contributed by atoms with Crippen molar-refractivity contribution in [3.05, 3.63) is 0 Å². The molecular weight excluding hydrogens is 300 g/mol. The van der Waals surface area contributed by atoms with E-state index in [0.717, 1.165) is 44.9 Å². The highest BCUT2D eigenvalue weighted by molar-refractivity contribution is 5.78. The molecule has 2 heterocycles. The van der Waals surface area contributed by atoms with Gasteiger partial charge in [-0.05, 0) is 77.3 Å². The van der Waals surface area contributed by atoms with E-state index in [1.807, 2.05) is 0 Å². The Morgan fingerprint density at radius 3 is 2.38 bits per heavy atom. The maximum atomic E-state index is 12.5. The first-order chi connectivity index (χ1) is 11.4. The van der Waals surface area contributed by atoms with Gasteiger partial charge in [0.2, 0.25) is 5.91 Å². The van der Waals surface area contributed by atoms with Gasteiger partial charge >= 0.3 is 0 Å². The number of hydrogen-bond acceptors (Lipinski definition) is 4. The summed E-state index contributed by atoms with van der Waals surface area (Å²) in [5, 5.41) is 6.64. The first-order valence-electron chi connectivity index (χ1n) is 9.71. The number of carbonyl (C=O) groups is 1. The molecule has 2 saturated heterocycles. The van der Waals surface area contributed by atoms with Gasteiger partial charge in [-0.15, -0.1) is 0 Å². The first-order valence-corrected chi connectivity index (χ1v) is 9.71. The molecule has 5 heteroatoms. The van der Waals surface area contributed by atoms with E-state index in [0.29, 0.717) is 0 Å². The van der Waals surface area contributed by atoms with Crippen LogP contribution in [-0.4, -0.2) is 75.6 Å². The van der Waals surface area contributed by atoms with Crippen LogP contribution in [0, 0.1) is 17.3 Å². The quantitative estimate of drug-likeness (QED) is 0.737. The highest BCUT2D eigenvalue weighted by atomic mass is 16.1. The van der Waals surface area contributed by atoms with E-state index in [9.17, 15) is 4.79 Å². The zero-order valence-electron chi connectivity index (χ0n) is 16.2. The summed E-state index contributed by atoms with van der Waals surface area (Å²) >= 11 is 0. The Morgan fingerprint density at radius 2 is 1.79 bits per heavy atom. The molecule has 0 saturated carbocycles. The molecule has 0 spiro atoms. The van der Waals surface area contributed by atoms with Crippen LogP contribution < -0.4 is 10.6 Å². The summed E-state index contributed by atoms with van der Waals surface area (Å²) < 4.78 is 0. The zero-order chi connectivity index (χ0) is 17.6. The third-order valence-electron chi connectivity index (χ3n) is 5.42. The van der Waals surface area contributed by atoms with E-state index in [-0.39, 0.29) is 17.2 Å². The minimum absolute atomic E-state index is 0.120. The van der Waals surface area contributed by atoms with E-state index >= 15 is 0 Å². The van der Waals surface area contributed by atoms with Crippen LogP contribution in [0.4, 0.5) is 0 Å². The lowest BCUT2D eigenvalue weighted by atomic mass is 9.90. The number of rotatable bonds is 7. The van der Waals surface area contributed by atoms with Gasteiger partial charge in [0, 0.05) is 25.6 Å². The van der Waals surface area contributed by atoms with Gasteiger partial charge in [0.15, 0.2) is 0 Å². The highest BCUT2D eigenvalue weighted by Gasteiger charge is 2.28. The van der Waals surface area contributed by atoms with Gasteiger partial charge in [-0.3, -0.25) is 4.79 Å². The van der Waals surface area contributed by atoms with Crippen molar-refractivity contribution in [3.8, 4) is 0 Å². The summed E-state index contributed by atoms with van der Waals surface area (Å²) in [6.07, 6.45) is 4.65. The molecule has 0 aromatic rings. The van der Waals surface area contributed by atoms with Crippen LogP contribution in [0.2, 0.25) is 0 Å². The fourth-order valence-electron chi connectivity index (χ4n) is 4.19. The molecule has 2 N–H and O–H groups in total. The maximum absolute atomic E-state index is 12.5. The second-order valence-electron chi connectivity index (χ2n) is 8.89.